The first-order chi connectivity index (χ1) is 11.6. The number of hydrogen-bond donors (Lipinski definition) is 1. The molecule has 24 heavy (non-hydrogen) atoms. The molecule has 0 unspecified atom stereocenters. The van der Waals surface area contributed by atoms with E-state index in [4.69, 9.17) is 0 Å². The lowest BCUT2D eigenvalue weighted by Gasteiger charge is -2.49. The normalized spacial score (nSPS) is 28.8. The number of rotatable bonds is 2. The van der Waals surface area contributed by atoms with Gasteiger partial charge in [-0.05, 0) is 50.9 Å². The molecule has 3 saturated heterocycles. The van der Waals surface area contributed by atoms with Crippen molar-refractivity contribution in [1.29, 1.82) is 0 Å². The molecule has 3 aliphatic heterocycles. The van der Waals surface area contributed by atoms with Crippen LogP contribution in [0.25, 0.3) is 11.1 Å². The van der Waals surface area contributed by atoms with E-state index in [9.17, 15) is 9.18 Å². The molecule has 0 aliphatic carbocycles. The van der Waals surface area contributed by atoms with E-state index in [1.165, 1.54) is 10.6 Å². The zero-order chi connectivity index (χ0) is 16.7. The lowest BCUT2D eigenvalue weighted by atomic mass is 9.79. The molecular weight excluding hydrogens is 305 g/mol. The van der Waals surface area contributed by atoms with E-state index >= 15 is 0 Å². The molecule has 0 radical (unpaired) electrons. The minimum atomic E-state index is -0.276. The molecule has 1 aromatic heterocycles. The lowest BCUT2D eigenvalue weighted by Crippen LogP contribution is -2.62. The van der Waals surface area contributed by atoms with E-state index < -0.39 is 0 Å². The topological polar surface area (TPSA) is 37.3 Å². The highest BCUT2D eigenvalue weighted by atomic mass is 19.1. The second-order valence-electron chi connectivity index (χ2n) is 6.88. The van der Waals surface area contributed by atoms with E-state index in [-0.39, 0.29) is 17.9 Å². The summed E-state index contributed by atoms with van der Waals surface area (Å²) in [7, 11) is 0. The SMILES string of the molecule is C[C@H]1[C@H](NC(=O)n2ccc(-c3ccccc3F)c2)C2CCN1CC2. The Hall–Kier alpha value is -2.14. The molecule has 2 atom stereocenters. The highest BCUT2D eigenvalue weighted by Gasteiger charge is 2.40. The average Bonchev–Trinajstić information content (AvgIpc) is 3.09. The maximum absolute atomic E-state index is 13.9. The summed E-state index contributed by atoms with van der Waals surface area (Å²) in [6.07, 6.45) is 5.70. The van der Waals surface area contributed by atoms with Gasteiger partial charge in [0.05, 0.1) is 0 Å². The molecule has 3 aliphatic rings. The van der Waals surface area contributed by atoms with Crippen molar-refractivity contribution in [2.45, 2.75) is 31.8 Å². The Morgan fingerprint density at radius 1 is 1.21 bits per heavy atom. The number of hydrogen-bond acceptors (Lipinski definition) is 2. The highest BCUT2D eigenvalue weighted by molar-refractivity contribution is 5.79. The Balaban J connectivity index is 1.51. The largest absolute Gasteiger partial charge is 0.333 e. The van der Waals surface area contributed by atoms with Crippen LogP contribution in [0.15, 0.2) is 42.7 Å². The first kappa shape index (κ1) is 15.4. The monoisotopic (exact) mass is 327 g/mol. The van der Waals surface area contributed by atoms with Gasteiger partial charge < -0.3 is 5.32 Å². The van der Waals surface area contributed by atoms with Gasteiger partial charge in [0.15, 0.2) is 0 Å². The van der Waals surface area contributed by atoms with Gasteiger partial charge in [-0.2, -0.15) is 0 Å². The summed E-state index contributed by atoms with van der Waals surface area (Å²) in [5.41, 5.74) is 1.23. The zero-order valence-corrected chi connectivity index (χ0v) is 13.8. The van der Waals surface area contributed by atoms with Gasteiger partial charge in [-0.15, -0.1) is 0 Å². The van der Waals surface area contributed by atoms with Crippen LogP contribution in [0.3, 0.4) is 0 Å². The predicted molar refractivity (Wildman–Crippen MR) is 91.3 cm³/mol. The number of amides is 1. The molecule has 5 heteroatoms. The van der Waals surface area contributed by atoms with Crippen molar-refractivity contribution in [3.05, 3.63) is 48.5 Å². The van der Waals surface area contributed by atoms with E-state index in [1.54, 1.807) is 36.7 Å². The highest BCUT2D eigenvalue weighted by Crippen LogP contribution is 2.32. The van der Waals surface area contributed by atoms with Gasteiger partial charge in [-0.1, -0.05) is 18.2 Å². The van der Waals surface area contributed by atoms with Crippen LogP contribution in [0.2, 0.25) is 0 Å². The quantitative estimate of drug-likeness (QED) is 0.918. The van der Waals surface area contributed by atoms with Gasteiger partial charge in [-0.3, -0.25) is 9.47 Å². The smallest absolute Gasteiger partial charge is 0.325 e. The predicted octanol–water partition coefficient (Wildman–Crippen LogP) is 3.33. The van der Waals surface area contributed by atoms with E-state index in [1.807, 2.05) is 0 Å². The minimum absolute atomic E-state index is 0.136. The summed E-state index contributed by atoms with van der Waals surface area (Å²) in [6, 6.07) is 8.83. The van der Waals surface area contributed by atoms with Crippen molar-refractivity contribution in [3.8, 4) is 11.1 Å². The summed E-state index contributed by atoms with van der Waals surface area (Å²) in [5.74, 6) is 0.289. The summed E-state index contributed by atoms with van der Waals surface area (Å²) in [6.45, 7) is 4.47. The molecule has 0 saturated carbocycles. The number of halogens is 1. The van der Waals surface area contributed by atoms with Crippen LogP contribution in [0, 0.1) is 11.7 Å². The summed E-state index contributed by atoms with van der Waals surface area (Å²) >= 11 is 0. The van der Waals surface area contributed by atoms with Crippen LogP contribution in [0.4, 0.5) is 9.18 Å². The fraction of sp³-hybridized carbons (Fsp3) is 0.421. The summed E-state index contributed by atoms with van der Waals surface area (Å²) in [4.78, 5) is 15.1. The number of carbonyl (C=O) groups excluding carboxylic acids is 1. The molecule has 5 rings (SSSR count). The first-order valence-corrected chi connectivity index (χ1v) is 8.61. The minimum Gasteiger partial charge on any atom is -0.333 e. The van der Waals surface area contributed by atoms with E-state index in [2.05, 4.69) is 17.1 Å². The summed E-state index contributed by atoms with van der Waals surface area (Å²) in [5, 5.41) is 3.18. The Labute approximate surface area is 141 Å². The Kier molecular flexibility index (Phi) is 3.88. The van der Waals surface area contributed by atoms with E-state index in [0.717, 1.165) is 25.9 Å². The van der Waals surface area contributed by atoms with Gasteiger partial charge in [0.25, 0.3) is 0 Å². The lowest BCUT2D eigenvalue weighted by molar-refractivity contribution is 0.0267. The Bertz CT molecular complexity index is 747. The maximum Gasteiger partial charge on any atom is 0.325 e. The summed E-state index contributed by atoms with van der Waals surface area (Å²) < 4.78 is 15.4. The second-order valence-corrected chi connectivity index (χ2v) is 6.88. The Morgan fingerprint density at radius 2 is 1.96 bits per heavy atom. The van der Waals surface area contributed by atoms with E-state index in [0.29, 0.717) is 23.1 Å². The fourth-order valence-corrected chi connectivity index (χ4v) is 4.14. The van der Waals surface area contributed by atoms with Gasteiger partial charge in [-0.25, -0.2) is 9.18 Å². The van der Waals surface area contributed by atoms with Crippen LogP contribution < -0.4 is 5.32 Å². The van der Waals surface area contributed by atoms with Crippen LogP contribution in [-0.2, 0) is 0 Å². The van der Waals surface area contributed by atoms with Crippen molar-refractivity contribution in [2.24, 2.45) is 5.92 Å². The van der Waals surface area contributed by atoms with Crippen molar-refractivity contribution < 1.29 is 9.18 Å². The maximum atomic E-state index is 13.9. The number of nitrogens with one attached hydrogen (secondary N) is 1. The van der Waals surface area contributed by atoms with Crippen LogP contribution in [0.1, 0.15) is 19.8 Å². The molecule has 2 bridgehead atoms. The molecule has 4 heterocycles. The van der Waals surface area contributed by atoms with Crippen molar-refractivity contribution >= 4 is 6.03 Å². The molecule has 1 aromatic carbocycles. The number of aromatic nitrogens is 1. The third-order valence-corrected chi connectivity index (χ3v) is 5.58. The van der Waals surface area contributed by atoms with Gasteiger partial charge in [0, 0.05) is 35.6 Å². The number of nitrogens with zero attached hydrogens (tertiary/aromatic N) is 2. The Morgan fingerprint density at radius 3 is 2.67 bits per heavy atom. The molecule has 4 nitrogen and oxygen atoms in total. The van der Waals surface area contributed by atoms with Crippen LogP contribution >= 0.6 is 0 Å². The molecule has 1 amide bonds. The average molecular weight is 327 g/mol. The number of fused-ring (bicyclic) bond motifs is 3. The standard InChI is InChI=1S/C19H22FN3O/c1-13-18(14-6-9-22(13)10-7-14)21-19(24)23-11-8-15(12-23)16-4-2-3-5-17(16)20/h2-5,8,11-14,18H,6-7,9-10H2,1H3,(H,21,24)/t13-,18-/m0/s1. The second kappa shape index (κ2) is 6.06. The first-order valence-electron chi connectivity index (χ1n) is 8.61. The van der Waals surface area contributed by atoms with Crippen LogP contribution in [-0.4, -0.2) is 40.7 Å². The molecule has 2 aromatic rings. The fourth-order valence-electron chi connectivity index (χ4n) is 4.14. The van der Waals surface area contributed by atoms with Crippen molar-refractivity contribution in [2.75, 3.05) is 13.1 Å². The number of carbonyl (C=O) groups is 1. The molecule has 3 fully saturated rings. The van der Waals surface area contributed by atoms with Gasteiger partial charge in [0.2, 0.25) is 0 Å². The molecule has 126 valence electrons. The zero-order valence-electron chi connectivity index (χ0n) is 13.8. The van der Waals surface area contributed by atoms with Crippen molar-refractivity contribution in [1.82, 2.24) is 14.8 Å². The van der Waals surface area contributed by atoms with Crippen LogP contribution in [0.5, 0.6) is 0 Å². The number of benzene rings is 1. The van der Waals surface area contributed by atoms with Gasteiger partial charge >= 0.3 is 6.03 Å². The van der Waals surface area contributed by atoms with Gasteiger partial charge in [0.1, 0.15) is 5.82 Å². The third kappa shape index (κ3) is 2.63. The molecule has 0 spiro atoms. The molecule has 1 N–H and O–H groups in total. The van der Waals surface area contributed by atoms with Crippen molar-refractivity contribution in [3.63, 3.8) is 0 Å². The number of piperidine rings is 3. The third-order valence-electron chi connectivity index (χ3n) is 5.58. The molecular formula is C19H22FN3O.